The summed E-state index contributed by atoms with van der Waals surface area (Å²) in [4.78, 5) is 16.8. The smallest absolute Gasteiger partial charge is 0.254 e. The van der Waals surface area contributed by atoms with Crippen LogP contribution in [0.3, 0.4) is 0 Å². The van der Waals surface area contributed by atoms with Crippen molar-refractivity contribution in [3.8, 4) is 0 Å². The van der Waals surface area contributed by atoms with Crippen LogP contribution in [0.1, 0.15) is 37.0 Å². The van der Waals surface area contributed by atoms with Gasteiger partial charge in [-0.3, -0.25) is 4.79 Å². The third-order valence-corrected chi connectivity index (χ3v) is 5.04. The number of halogens is 2. The number of hydrogen-bond acceptors (Lipinski definition) is 2. The Labute approximate surface area is 140 Å². The Hall–Kier alpha value is -0.940. The number of amides is 1. The van der Waals surface area contributed by atoms with Crippen molar-refractivity contribution in [2.24, 2.45) is 5.92 Å². The Bertz CT molecular complexity index is 529. The molecule has 1 amide bonds. The molecule has 1 aliphatic rings. The lowest BCUT2D eigenvalue weighted by Crippen LogP contribution is -2.47. The lowest BCUT2D eigenvalue weighted by molar-refractivity contribution is 0.0641. The topological polar surface area (TPSA) is 23.6 Å². The fraction of sp³-hybridized carbons (Fsp3) is 0.588. The summed E-state index contributed by atoms with van der Waals surface area (Å²) in [6.45, 7) is 7.37. The predicted molar refractivity (Wildman–Crippen MR) is 90.5 cm³/mol. The van der Waals surface area contributed by atoms with Crippen LogP contribution in [-0.2, 0) is 0 Å². The van der Waals surface area contributed by atoms with Gasteiger partial charge in [-0.1, -0.05) is 13.8 Å². The van der Waals surface area contributed by atoms with Gasteiger partial charge in [0.05, 0.1) is 4.47 Å². The standard InChI is InChI=1S/C17H24BrFN2O/c1-12(2)16(11-21-8-4-5-9-21)20(3)17(22)13-6-7-14(18)15(19)10-13/h6-7,10,12,16H,4-5,8-9,11H2,1-3H3/t16-/m0/s1. The second-order valence-corrected chi connectivity index (χ2v) is 7.22. The van der Waals surface area contributed by atoms with E-state index in [4.69, 9.17) is 0 Å². The maximum Gasteiger partial charge on any atom is 0.254 e. The second-order valence-electron chi connectivity index (χ2n) is 6.36. The molecule has 5 heteroatoms. The van der Waals surface area contributed by atoms with E-state index in [-0.39, 0.29) is 11.9 Å². The first-order valence-electron chi connectivity index (χ1n) is 7.84. The van der Waals surface area contributed by atoms with Gasteiger partial charge in [0.25, 0.3) is 5.91 Å². The average Bonchev–Trinajstić information content (AvgIpc) is 2.99. The van der Waals surface area contributed by atoms with Crippen LogP contribution in [0, 0.1) is 11.7 Å². The van der Waals surface area contributed by atoms with E-state index in [1.54, 1.807) is 17.0 Å². The maximum absolute atomic E-state index is 13.7. The van der Waals surface area contributed by atoms with Crippen LogP contribution in [0.15, 0.2) is 22.7 Å². The molecule has 1 heterocycles. The molecule has 2 rings (SSSR count). The van der Waals surface area contributed by atoms with Gasteiger partial charge >= 0.3 is 0 Å². The third kappa shape index (κ3) is 4.07. The molecular formula is C17H24BrFN2O. The van der Waals surface area contributed by atoms with Crippen LogP contribution in [0.5, 0.6) is 0 Å². The molecule has 0 radical (unpaired) electrons. The van der Waals surface area contributed by atoms with Gasteiger partial charge in [0.2, 0.25) is 0 Å². The summed E-state index contributed by atoms with van der Waals surface area (Å²) in [5, 5.41) is 0. The molecule has 1 atom stereocenters. The Balaban J connectivity index is 2.12. The fourth-order valence-corrected chi connectivity index (χ4v) is 3.24. The van der Waals surface area contributed by atoms with E-state index in [1.807, 2.05) is 7.05 Å². The number of likely N-dealkylation sites (N-methyl/N-ethyl adjacent to an activating group) is 1. The highest BCUT2D eigenvalue weighted by molar-refractivity contribution is 9.10. The molecular weight excluding hydrogens is 347 g/mol. The number of benzene rings is 1. The zero-order valence-corrected chi connectivity index (χ0v) is 15.1. The van der Waals surface area contributed by atoms with Gasteiger partial charge in [-0.15, -0.1) is 0 Å². The molecule has 1 aliphatic heterocycles. The molecule has 1 aromatic carbocycles. The summed E-state index contributed by atoms with van der Waals surface area (Å²) in [6.07, 6.45) is 2.47. The fourth-order valence-electron chi connectivity index (χ4n) is 2.99. The predicted octanol–water partition coefficient (Wildman–Crippen LogP) is 3.78. The zero-order valence-electron chi connectivity index (χ0n) is 13.5. The van der Waals surface area contributed by atoms with Crippen molar-refractivity contribution in [1.82, 2.24) is 9.80 Å². The first-order valence-corrected chi connectivity index (χ1v) is 8.64. The molecule has 0 saturated carbocycles. The van der Waals surface area contributed by atoms with Gasteiger partial charge in [0, 0.05) is 25.2 Å². The Kier molecular flexibility index (Phi) is 5.98. The van der Waals surface area contributed by atoms with E-state index >= 15 is 0 Å². The maximum atomic E-state index is 13.7. The monoisotopic (exact) mass is 370 g/mol. The molecule has 22 heavy (non-hydrogen) atoms. The molecule has 0 unspecified atom stereocenters. The van der Waals surface area contributed by atoms with Gasteiger partial charge < -0.3 is 9.80 Å². The largest absolute Gasteiger partial charge is 0.337 e. The molecule has 122 valence electrons. The van der Waals surface area contributed by atoms with E-state index < -0.39 is 5.82 Å². The normalized spacial score (nSPS) is 17.0. The summed E-state index contributed by atoms with van der Waals surface area (Å²) in [5.41, 5.74) is 0.398. The summed E-state index contributed by atoms with van der Waals surface area (Å²) < 4.78 is 14.0. The van der Waals surface area contributed by atoms with Crippen molar-refractivity contribution in [3.05, 3.63) is 34.1 Å². The van der Waals surface area contributed by atoms with Crippen molar-refractivity contribution < 1.29 is 9.18 Å². The minimum absolute atomic E-state index is 0.121. The van der Waals surface area contributed by atoms with Crippen LogP contribution in [0.25, 0.3) is 0 Å². The molecule has 0 aliphatic carbocycles. The second kappa shape index (κ2) is 7.55. The van der Waals surface area contributed by atoms with Crippen LogP contribution in [0.2, 0.25) is 0 Å². The van der Waals surface area contributed by atoms with Gasteiger partial charge in [-0.25, -0.2) is 4.39 Å². The highest BCUT2D eigenvalue weighted by Crippen LogP contribution is 2.20. The van der Waals surface area contributed by atoms with Gasteiger partial charge in [-0.2, -0.15) is 0 Å². The summed E-state index contributed by atoms with van der Waals surface area (Å²) in [5.74, 6) is -0.168. The van der Waals surface area contributed by atoms with E-state index in [0.29, 0.717) is 16.0 Å². The van der Waals surface area contributed by atoms with Crippen molar-refractivity contribution in [1.29, 1.82) is 0 Å². The quantitative estimate of drug-likeness (QED) is 0.787. The van der Waals surface area contributed by atoms with Crippen molar-refractivity contribution in [2.75, 3.05) is 26.7 Å². The van der Waals surface area contributed by atoms with Crippen molar-refractivity contribution in [3.63, 3.8) is 0 Å². The first kappa shape index (κ1) is 17.4. The molecule has 1 fully saturated rings. The number of carbonyl (C=O) groups excluding carboxylic acids is 1. The van der Waals surface area contributed by atoms with Crippen molar-refractivity contribution >= 4 is 21.8 Å². The Morgan fingerprint density at radius 2 is 2.00 bits per heavy atom. The Morgan fingerprint density at radius 1 is 1.36 bits per heavy atom. The third-order valence-electron chi connectivity index (χ3n) is 4.40. The summed E-state index contributed by atoms with van der Waals surface area (Å²) >= 11 is 3.12. The van der Waals surface area contributed by atoms with Gasteiger partial charge in [0.15, 0.2) is 0 Å². The van der Waals surface area contributed by atoms with Crippen LogP contribution >= 0.6 is 15.9 Å². The van der Waals surface area contributed by atoms with Crippen molar-refractivity contribution in [2.45, 2.75) is 32.7 Å². The van der Waals surface area contributed by atoms with E-state index in [1.165, 1.54) is 18.9 Å². The van der Waals surface area contributed by atoms with Gasteiger partial charge in [0.1, 0.15) is 5.82 Å². The molecule has 1 aromatic rings. The average molecular weight is 371 g/mol. The Morgan fingerprint density at radius 3 is 2.55 bits per heavy atom. The molecule has 0 bridgehead atoms. The molecule has 0 N–H and O–H groups in total. The number of hydrogen-bond donors (Lipinski definition) is 0. The minimum atomic E-state index is -0.403. The first-order chi connectivity index (χ1) is 10.4. The number of rotatable bonds is 5. The van der Waals surface area contributed by atoms with Crippen LogP contribution in [-0.4, -0.2) is 48.4 Å². The zero-order chi connectivity index (χ0) is 16.3. The molecule has 0 spiro atoms. The number of likely N-dealkylation sites (tertiary alicyclic amines) is 1. The molecule has 1 saturated heterocycles. The molecule has 3 nitrogen and oxygen atoms in total. The number of carbonyl (C=O) groups is 1. The van der Waals surface area contributed by atoms with Crippen LogP contribution in [0.4, 0.5) is 4.39 Å². The minimum Gasteiger partial charge on any atom is -0.337 e. The van der Waals surface area contributed by atoms with E-state index in [0.717, 1.165) is 19.6 Å². The number of nitrogens with zero attached hydrogens (tertiary/aromatic N) is 2. The lowest BCUT2D eigenvalue weighted by Gasteiger charge is -2.34. The highest BCUT2D eigenvalue weighted by Gasteiger charge is 2.27. The van der Waals surface area contributed by atoms with Crippen LogP contribution < -0.4 is 0 Å². The van der Waals surface area contributed by atoms with Gasteiger partial charge in [-0.05, 0) is 66.0 Å². The SMILES string of the molecule is CC(C)[C@H](CN1CCCC1)N(C)C(=O)c1ccc(Br)c(F)c1. The lowest BCUT2D eigenvalue weighted by atomic mass is 10.0. The summed E-state index contributed by atoms with van der Waals surface area (Å²) in [7, 11) is 1.82. The summed E-state index contributed by atoms with van der Waals surface area (Å²) in [6, 6.07) is 4.69. The van der Waals surface area contributed by atoms with E-state index in [9.17, 15) is 9.18 Å². The van der Waals surface area contributed by atoms with E-state index in [2.05, 4.69) is 34.7 Å². The molecule has 0 aromatic heterocycles. The highest BCUT2D eigenvalue weighted by atomic mass is 79.9.